The first-order valence-electron chi connectivity index (χ1n) is 5.99. The zero-order valence-electron chi connectivity index (χ0n) is 10.2. The highest BCUT2D eigenvalue weighted by molar-refractivity contribution is 5.64. The summed E-state index contributed by atoms with van der Waals surface area (Å²) in [4.78, 5) is 17.9. The topological polar surface area (TPSA) is 90.2 Å². The maximum atomic E-state index is 11.4. The highest BCUT2D eigenvalue weighted by atomic mass is 16.5. The first-order chi connectivity index (χ1) is 9.22. The van der Waals surface area contributed by atoms with E-state index in [9.17, 15) is 4.79 Å². The Labute approximate surface area is 109 Å². The largest absolute Gasteiger partial charge is 0.490 e. The molecule has 1 aliphatic rings. The molecule has 0 amide bonds. The summed E-state index contributed by atoms with van der Waals surface area (Å²) in [7, 11) is 0. The van der Waals surface area contributed by atoms with Gasteiger partial charge in [0.15, 0.2) is 11.5 Å². The zero-order chi connectivity index (χ0) is 13.2. The van der Waals surface area contributed by atoms with Gasteiger partial charge in [0.2, 0.25) is 5.95 Å². The van der Waals surface area contributed by atoms with Gasteiger partial charge < -0.3 is 15.2 Å². The lowest BCUT2D eigenvalue weighted by molar-refractivity contribution is 0.297. The molecule has 1 aromatic carbocycles. The minimum atomic E-state index is -0.283. The van der Waals surface area contributed by atoms with E-state index in [1.807, 2.05) is 18.2 Å². The molecule has 98 valence electrons. The normalized spacial score (nSPS) is 13.9. The molecule has 1 aliphatic heterocycles. The van der Waals surface area contributed by atoms with Gasteiger partial charge in [-0.1, -0.05) is 0 Å². The molecule has 2 aromatic rings. The van der Waals surface area contributed by atoms with Crippen molar-refractivity contribution in [3.8, 4) is 22.8 Å². The van der Waals surface area contributed by atoms with Crippen LogP contribution in [0.5, 0.6) is 11.5 Å². The van der Waals surface area contributed by atoms with Crippen LogP contribution in [0.1, 0.15) is 6.42 Å². The molecule has 0 saturated heterocycles. The van der Waals surface area contributed by atoms with E-state index in [1.54, 1.807) is 0 Å². The highest BCUT2D eigenvalue weighted by Crippen LogP contribution is 2.33. The quantitative estimate of drug-likeness (QED) is 0.802. The van der Waals surface area contributed by atoms with E-state index in [1.165, 1.54) is 6.07 Å². The third-order valence-corrected chi connectivity index (χ3v) is 2.80. The Hall–Kier alpha value is -2.50. The van der Waals surface area contributed by atoms with Gasteiger partial charge in [-0.15, -0.1) is 0 Å². The van der Waals surface area contributed by atoms with E-state index in [2.05, 4.69) is 9.97 Å². The van der Waals surface area contributed by atoms with Crippen molar-refractivity contribution in [2.24, 2.45) is 0 Å². The Morgan fingerprint density at radius 3 is 2.74 bits per heavy atom. The predicted molar refractivity (Wildman–Crippen MR) is 70.3 cm³/mol. The molecular weight excluding hydrogens is 246 g/mol. The number of benzene rings is 1. The Morgan fingerprint density at radius 2 is 1.95 bits per heavy atom. The molecule has 0 saturated carbocycles. The molecule has 6 nitrogen and oxygen atoms in total. The van der Waals surface area contributed by atoms with E-state index in [-0.39, 0.29) is 11.5 Å². The van der Waals surface area contributed by atoms with Gasteiger partial charge in [0.05, 0.1) is 18.9 Å². The van der Waals surface area contributed by atoms with Crippen molar-refractivity contribution in [2.45, 2.75) is 6.42 Å². The number of fused-ring (bicyclic) bond motifs is 1. The van der Waals surface area contributed by atoms with E-state index in [0.29, 0.717) is 30.4 Å². The zero-order valence-corrected chi connectivity index (χ0v) is 10.2. The Kier molecular flexibility index (Phi) is 2.83. The summed E-state index contributed by atoms with van der Waals surface area (Å²) in [6.45, 7) is 1.25. The van der Waals surface area contributed by atoms with Gasteiger partial charge >= 0.3 is 0 Å². The van der Waals surface area contributed by atoms with Crippen molar-refractivity contribution in [2.75, 3.05) is 18.9 Å². The number of nitrogens with two attached hydrogens (primary N) is 1. The summed E-state index contributed by atoms with van der Waals surface area (Å²) < 4.78 is 11.1. The van der Waals surface area contributed by atoms with Gasteiger partial charge in [0.25, 0.3) is 5.56 Å². The van der Waals surface area contributed by atoms with Crippen LogP contribution in [0.25, 0.3) is 11.3 Å². The third kappa shape index (κ3) is 2.37. The van der Waals surface area contributed by atoms with E-state index in [0.717, 1.165) is 12.0 Å². The van der Waals surface area contributed by atoms with Gasteiger partial charge in [-0.2, -0.15) is 0 Å². The average Bonchev–Trinajstić information content (AvgIpc) is 2.61. The number of nitrogens with one attached hydrogen (secondary N) is 1. The Balaban J connectivity index is 2.06. The van der Waals surface area contributed by atoms with Gasteiger partial charge in [0.1, 0.15) is 0 Å². The smallest absolute Gasteiger partial charge is 0.252 e. The van der Waals surface area contributed by atoms with Crippen LogP contribution < -0.4 is 20.8 Å². The standard InChI is InChI=1S/C13H13N3O3/c14-13-15-9(7-12(17)16-13)8-2-3-10-11(6-8)19-5-1-4-18-10/h2-3,6-7H,1,4-5H2,(H3,14,15,16,17). The molecule has 0 bridgehead atoms. The van der Waals surface area contributed by atoms with Gasteiger partial charge in [-0.3, -0.25) is 9.78 Å². The molecule has 0 aliphatic carbocycles. The number of nitrogen functional groups attached to an aromatic ring is 1. The fraction of sp³-hybridized carbons (Fsp3) is 0.231. The summed E-state index contributed by atoms with van der Waals surface area (Å²) >= 11 is 0. The molecule has 6 heteroatoms. The number of ether oxygens (including phenoxy) is 2. The second-order valence-corrected chi connectivity index (χ2v) is 4.23. The number of hydrogen-bond acceptors (Lipinski definition) is 5. The van der Waals surface area contributed by atoms with Crippen molar-refractivity contribution in [1.82, 2.24) is 9.97 Å². The van der Waals surface area contributed by atoms with E-state index in [4.69, 9.17) is 15.2 Å². The fourth-order valence-corrected chi connectivity index (χ4v) is 1.95. The van der Waals surface area contributed by atoms with Gasteiger partial charge in [-0.25, -0.2) is 4.98 Å². The van der Waals surface area contributed by atoms with Crippen LogP contribution in [-0.4, -0.2) is 23.2 Å². The third-order valence-electron chi connectivity index (χ3n) is 2.80. The fourth-order valence-electron chi connectivity index (χ4n) is 1.95. The number of H-pyrrole nitrogens is 1. The SMILES string of the molecule is Nc1nc(-c2ccc3c(c2)OCCCO3)cc(=O)[nH]1. The first kappa shape index (κ1) is 11.6. The Bertz CT molecular complexity index is 666. The maximum Gasteiger partial charge on any atom is 0.252 e. The second kappa shape index (κ2) is 4.64. The molecule has 3 N–H and O–H groups in total. The number of anilines is 1. The molecule has 0 spiro atoms. The van der Waals surface area contributed by atoms with Crippen molar-refractivity contribution in [3.05, 3.63) is 34.6 Å². The van der Waals surface area contributed by atoms with Crippen LogP contribution in [0, 0.1) is 0 Å². The van der Waals surface area contributed by atoms with E-state index < -0.39 is 0 Å². The predicted octanol–water partition coefficient (Wildman–Crippen LogP) is 1.18. The molecule has 1 aromatic heterocycles. The lowest BCUT2D eigenvalue weighted by atomic mass is 10.1. The number of hydrogen-bond donors (Lipinski definition) is 2. The number of rotatable bonds is 1. The van der Waals surface area contributed by atoms with E-state index >= 15 is 0 Å². The lowest BCUT2D eigenvalue weighted by Gasteiger charge is -2.09. The van der Waals surface area contributed by atoms with Crippen LogP contribution in [0.15, 0.2) is 29.1 Å². The summed E-state index contributed by atoms with van der Waals surface area (Å²) in [5, 5.41) is 0. The molecule has 0 radical (unpaired) electrons. The van der Waals surface area contributed by atoms with Crippen molar-refractivity contribution >= 4 is 5.95 Å². The Morgan fingerprint density at radius 1 is 1.16 bits per heavy atom. The molecule has 19 heavy (non-hydrogen) atoms. The molecule has 0 atom stereocenters. The van der Waals surface area contributed by atoms with Crippen molar-refractivity contribution in [3.63, 3.8) is 0 Å². The minimum absolute atomic E-state index is 0.0922. The molecule has 3 rings (SSSR count). The van der Waals surface area contributed by atoms with Crippen LogP contribution >= 0.6 is 0 Å². The summed E-state index contributed by atoms with van der Waals surface area (Å²) in [5.74, 6) is 1.46. The second-order valence-electron chi connectivity index (χ2n) is 4.23. The van der Waals surface area contributed by atoms with Gasteiger partial charge in [-0.05, 0) is 18.2 Å². The molecule has 2 heterocycles. The lowest BCUT2D eigenvalue weighted by Crippen LogP contribution is -2.10. The highest BCUT2D eigenvalue weighted by Gasteiger charge is 2.12. The average molecular weight is 259 g/mol. The number of nitrogens with zero attached hydrogens (tertiary/aromatic N) is 1. The minimum Gasteiger partial charge on any atom is -0.490 e. The van der Waals surface area contributed by atoms with Crippen LogP contribution in [0.4, 0.5) is 5.95 Å². The monoisotopic (exact) mass is 259 g/mol. The molecule has 0 fully saturated rings. The number of aromatic nitrogens is 2. The summed E-state index contributed by atoms with van der Waals surface area (Å²) in [6, 6.07) is 6.85. The molecule has 0 unspecified atom stereocenters. The summed E-state index contributed by atoms with van der Waals surface area (Å²) in [5.41, 5.74) is 6.53. The molecular formula is C13H13N3O3. The van der Waals surface area contributed by atoms with Crippen LogP contribution in [0.2, 0.25) is 0 Å². The number of aromatic amines is 1. The van der Waals surface area contributed by atoms with Crippen molar-refractivity contribution in [1.29, 1.82) is 0 Å². The van der Waals surface area contributed by atoms with Crippen LogP contribution in [-0.2, 0) is 0 Å². The maximum absolute atomic E-state index is 11.4. The van der Waals surface area contributed by atoms with Gasteiger partial charge in [0, 0.05) is 18.1 Å². The summed E-state index contributed by atoms with van der Waals surface area (Å²) in [6.07, 6.45) is 0.847. The first-order valence-corrected chi connectivity index (χ1v) is 5.99. The van der Waals surface area contributed by atoms with Crippen molar-refractivity contribution < 1.29 is 9.47 Å². The van der Waals surface area contributed by atoms with Crippen LogP contribution in [0.3, 0.4) is 0 Å².